The van der Waals surface area contributed by atoms with Crippen LogP contribution in [0.3, 0.4) is 0 Å². The molecule has 0 aliphatic carbocycles. The number of nitrogen functional groups attached to an aromatic ring is 1. The SMILES string of the molecule is CC(C)C(=O)NCCCNc1ccc(N)cn1. The van der Waals surface area contributed by atoms with Crippen molar-refractivity contribution < 1.29 is 4.79 Å². The maximum atomic E-state index is 11.3. The molecule has 0 aliphatic rings. The first-order valence-corrected chi connectivity index (χ1v) is 5.82. The zero-order valence-corrected chi connectivity index (χ0v) is 10.4. The van der Waals surface area contributed by atoms with Crippen molar-refractivity contribution in [2.75, 3.05) is 24.1 Å². The molecular weight excluding hydrogens is 216 g/mol. The van der Waals surface area contributed by atoms with Crippen LogP contribution >= 0.6 is 0 Å². The number of anilines is 2. The van der Waals surface area contributed by atoms with Crippen LogP contribution in [0.2, 0.25) is 0 Å². The van der Waals surface area contributed by atoms with Crippen LogP contribution in [0.25, 0.3) is 0 Å². The molecule has 94 valence electrons. The molecule has 1 amide bonds. The number of hydrogen-bond donors (Lipinski definition) is 3. The second-order valence-electron chi connectivity index (χ2n) is 4.20. The van der Waals surface area contributed by atoms with E-state index < -0.39 is 0 Å². The number of nitrogens with two attached hydrogens (primary N) is 1. The number of nitrogens with zero attached hydrogens (tertiary/aromatic N) is 1. The molecule has 1 rings (SSSR count). The average molecular weight is 236 g/mol. The standard InChI is InChI=1S/C12H20N4O/c1-9(2)12(17)15-7-3-6-14-11-5-4-10(13)8-16-11/h4-5,8-9H,3,6-7,13H2,1-2H3,(H,14,16)(H,15,17). The van der Waals surface area contributed by atoms with E-state index in [-0.39, 0.29) is 11.8 Å². The zero-order valence-electron chi connectivity index (χ0n) is 10.4. The molecule has 1 heterocycles. The van der Waals surface area contributed by atoms with E-state index in [1.54, 1.807) is 12.3 Å². The molecule has 0 fully saturated rings. The van der Waals surface area contributed by atoms with E-state index in [1.807, 2.05) is 19.9 Å². The van der Waals surface area contributed by atoms with Gasteiger partial charge in [0, 0.05) is 19.0 Å². The Bertz CT molecular complexity index is 348. The van der Waals surface area contributed by atoms with Gasteiger partial charge in [0.15, 0.2) is 0 Å². The van der Waals surface area contributed by atoms with Crippen LogP contribution < -0.4 is 16.4 Å². The van der Waals surface area contributed by atoms with Crippen molar-refractivity contribution in [3.63, 3.8) is 0 Å². The van der Waals surface area contributed by atoms with Crippen molar-refractivity contribution in [3.05, 3.63) is 18.3 Å². The summed E-state index contributed by atoms with van der Waals surface area (Å²) < 4.78 is 0. The van der Waals surface area contributed by atoms with Gasteiger partial charge in [-0.25, -0.2) is 4.98 Å². The summed E-state index contributed by atoms with van der Waals surface area (Å²) in [6.07, 6.45) is 2.48. The number of hydrogen-bond acceptors (Lipinski definition) is 4. The van der Waals surface area contributed by atoms with Gasteiger partial charge in [-0.3, -0.25) is 4.79 Å². The predicted molar refractivity (Wildman–Crippen MR) is 69.6 cm³/mol. The van der Waals surface area contributed by atoms with Crippen LogP contribution in [-0.2, 0) is 4.79 Å². The quantitative estimate of drug-likeness (QED) is 0.649. The van der Waals surface area contributed by atoms with Gasteiger partial charge in [0.05, 0.1) is 11.9 Å². The number of pyridine rings is 1. The van der Waals surface area contributed by atoms with Crippen molar-refractivity contribution in [1.29, 1.82) is 0 Å². The lowest BCUT2D eigenvalue weighted by Crippen LogP contribution is -2.29. The van der Waals surface area contributed by atoms with Gasteiger partial charge in [-0.2, -0.15) is 0 Å². The molecule has 0 atom stereocenters. The average Bonchev–Trinajstić information content (AvgIpc) is 2.30. The fourth-order valence-electron chi connectivity index (χ4n) is 1.23. The van der Waals surface area contributed by atoms with E-state index in [0.717, 1.165) is 18.8 Å². The van der Waals surface area contributed by atoms with Crippen molar-refractivity contribution in [1.82, 2.24) is 10.3 Å². The predicted octanol–water partition coefficient (Wildman–Crippen LogP) is 1.24. The summed E-state index contributed by atoms with van der Waals surface area (Å²) in [5.74, 6) is 0.937. The molecule has 17 heavy (non-hydrogen) atoms. The smallest absolute Gasteiger partial charge is 0.222 e. The van der Waals surface area contributed by atoms with Gasteiger partial charge in [0.1, 0.15) is 5.82 Å². The van der Waals surface area contributed by atoms with Gasteiger partial charge >= 0.3 is 0 Å². The molecular formula is C12H20N4O. The van der Waals surface area contributed by atoms with E-state index in [4.69, 9.17) is 5.73 Å². The third kappa shape index (κ3) is 5.19. The molecule has 5 heteroatoms. The number of carbonyl (C=O) groups is 1. The van der Waals surface area contributed by atoms with Gasteiger partial charge in [0.2, 0.25) is 5.91 Å². The highest BCUT2D eigenvalue weighted by Crippen LogP contribution is 2.05. The third-order valence-electron chi connectivity index (χ3n) is 2.27. The molecule has 0 saturated heterocycles. The molecule has 0 bridgehead atoms. The van der Waals surface area contributed by atoms with Crippen LogP contribution in [-0.4, -0.2) is 24.0 Å². The highest BCUT2D eigenvalue weighted by Gasteiger charge is 2.04. The lowest BCUT2D eigenvalue weighted by molar-refractivity contribution is -0.123. The van der Waals surface area contributed by atoms with Gasteiger partial charge in [-0.1, -0.05) is 13.8 Å². The topological polar surface area (TPSA) is 80.0 Å². The van der Waals surface area contributed by atoms with Gasteiger partial charge in [0.25, 0.3) is 0 Å². The summed E-state index contributed by atoms with van der Waals surface area (Å²) in [4.78, 5) is 15.4. The Morgan fingerprint density at radius 3 is 2.76 bits per heavy atom. The van der Waals surface area contributed by atoms with E-state index in [1.165, 1.54) is 0 Å². The number of amides is 1. The van der Waals surface area contributed by atoms with Gasteiger partial charge in [-0.05, 0) is 18.6 Å². The highest BCUT2D eigenvalue weighted by atomic mass is 16.1. The number of rotatable bonds is 6. The van der Waals surface area contributed by atoms with E-state index in [0.29, 0.717) is 12.2 Å². The van der Waals surface area contributed by atoms with Crippen molar-refractivity contribution in [3.8, 4) is 0 Å². The van der Waals surface area contributed by atoms with E-state index in [9.17, 15) is 4.79 Å². The zero-order chi connectivity index (χ0) is 12.7. The molecule has 0 aliphatic heterocycles. The number of carbonyl (C=O) groups excluding carboxylic acids is 1. The van der Waals surface area contributed by atoms with Gasteiger partial charge in [-0.15, -0.1) is 0 Å². The second kappa shape index (κ2) is 6.73. The maximum absolute atomic E-state index is 11.3. The van der Waals surface area contributed by atoms with E-state index >= 15 is 0 Å². The lowest BCUT2D eigenvalue weighted by atomic mass is 10.2. The van der Waals surface area contributed by atoms with Crippen molar-refractivity contribution in [2.45, 2.75) is 20.3 Å². The third-order valence-corrected chi connectivity index (χ3v) is 2.27. The molecule has 1 aromatic rings. The maximum Gasteiger partial charge on any atom is 0.222 e. The minimum atomic E-state index is 0.0433. The Kier molecular flexibility index (Phi) is 5.26. The molecule has 0 unspecified atom stereocenters. The van der Waals surface area contributed by atoms with Gasteiger partial charge < -0.3 is 16.4 Å². The lowest BCUT2D eigenvalue weighted by Gasteiger charge is -2.08. The summed E-state index contributed by atoms with van der Waals surface area (Å²) in [7, 11) is 0. The molecule has 0 spiro atoms. The second-order valence-corrected chi connectivity index (χ2v) is 4.20. The molecule has 0 saturated carbocycles. The summed E-state index contributed by atoms with van der Waals surface area (Å²) in [5, 5.41) is 6.01. The molecule has 1 aromatic heterocycles. The minimum absolute atomic E-state index is 0.0433. The molecule has 5 nitrogen and oxygen atoms in total. The molecule has 4 N–H and O–H groups in total. The minimum Gasteiger partial charge on any atom is -0.397 e. The Morgan fingerprint density at radius 1 is 1.41 bits per heavy atom. The normalized spacial score (nSPS) is 10.3. The summed E-state index contributed by atoms with van der Waals surface area (Å²) in [5.41, 5.74) is 6.18. The Hall–Kier alpha value is -1.78. The first kappa shape index (κ1) is 13.3. The Morgan fingerprint density at radius 2 is 2.18 bits per heavy atom. The van der Waals surface area contributed by atoms with Crippen LogP contribution in [0.1, 0.15) is 20.3 Å². The van der Waals surface area contributed by atoms with Crippen molar-refractivity contribution in [2.24, 2.45) is 5.92 Å². The Labute approximate surface area is 102 Å². The largest absolute Gasteiger partial charge is 0.397 e. The summed E-state index contributed by atoms with van der Waals surface area (Å²) in [6.45, 7) is 5.21. The monoisotopic (exact) mass is 236 g/mol. The van der Waals surface area contributed by atoms with E-state index in [2.05, 4.69) is 15.6 Å². The fourth-order valence-corrected chi connectivity index (χ4v) is 1.23. The first-order valence-electron chi connectivity index (χ1n) is 5.82. The van der Waals surface area contributed by atoms with Crippen LogP contribution in [0.5, 0.6) is 0 Å². The first-order chi connectivity index (χ1) is 8.09. The number of nitrogens with one attached hydrogen (secondary N) is 2. The van der Waals surface area contributed by atoms with Crippen LogP contribution in [0, 0.1) is 5.92 Å². The number of aromatic nitrogens is 1. The fraction of sp³-hybridized carbons (Fsp3) is 0.500. The summed E-state index contributed by atoms with van der Waals surface area (Å²) >= 11 is 0. The van der Waals surface area contributed by atoms with Crippen molar-refractivity contribution >= 4 is 17.4 Å². The Balaban J connectivity index is 2.12. The highest BCUT2D eigenvalue weighted by molar-refractivity contribution is 5.77. The summed E-state index contributed by atoms with van der Waals surface area (Å²) in [6, 6.07) is 3.64. The molecule has 0 aromatic carbocycles. The molecule has 0 radical (unpaired) electrons. The van der Waals surface area contributed by atoms with Crippen LogP contribution in [0.4, 0.5) is 11.5 Å². The van der Waals surface area contributed by atoms with Crippen LogP contribution in [0.15, 0.2) is 18.3 Å².